The minimum atomic E-state index is 0.122. The number of carbonyl (C=O) groups excluding carboxylic acids is 1. The molecule has 1 aromatic rings. The molecule has 2 atom stereocenters. The van der Waals surface area contributed by atoms with E-state index in [1.54, 1.807) is 6.26 Å². The van der Waals surface area contributed by atoms with Crippen molar-refractivity contribution in [2.75, 3.05) is 26.2 Å². The van der Waals surface area contributed by atoms with E-state index in [0.29, 0.717) is 12.6 Å². The highest BCUT2D eigenvalue weighted by Crippen LogP contribution is 2.20. The zero-order valence-electron chi connectivity index (χ0n) is 8.98. The van der Waals surface area contributed by atoms with Gasteiger partial charge in [-0.1, -0.05) is 0 Å². The van der Waals surface area contributed by atoms with Crippen LogP contribution in [0.1, 0.15) is 11.8 Å². The van der Waals surface area contributed by atoms with E-state index in [2.05, 4.69) is 15.5 Å². The fourth-order valence-electron chi connectivity index (χ4n) is 2.40. The van der Waals surface area contributed by atoms with Crippen molar-refractivity contribution >= 4 is 5.91 Å². The van der Waals surface area contributed by atoms with Gasteiger partial charge in [0.1, 0.15) is 5.76 Å². The van der Waals surface area contributed by atoms with Gasteiger partial charge in [0.25, 0.3) is 0 Å². The monoisotopic (exact) mass is 221 g/mol. The fourth-order valence-corrected chi connectivity index (χ4v) is 2.40. The Bertz CT molecular complexity index is 377. The molecule has 2 aliphatic heterocycles. The SMILES string of the molecule is O=C1CN2CC(c3ccco3)NCC2CN1. The van der Waals surface area contributed by atoms with Crippen molar-refractivity contribution in [2.45, 2.75) is 12.1 Å². The number of rotatable bonds is 1. The highest BCUT2D eigenvalue weighted by molar-refractivity contribution is 5.78. The van der Waals surface area contributed by atoms with Gasteiger partial charge in [-0.25, -0.2) is 0 Å². The van der Waals surface area contributed by atoms with Crippen LogP contribution in [-0.2, 0) is 4.79 Å². The van der Waals surface area contributed by atoms with Gasteiger partial charge >= 0.3 is 0 Å². The van der Waals surface area contributed by atoms with Crippen LogP contribution in [-0.4, -0.2) is 43.0 Å². The first-order chi connectivity index (χ1) is 7.83. The molecule has 2 saturated heterocycles. The molecule has 2 N–H and O–H groups in total. The van der Waals surface area contributed by atoms with Gasteiger partial charge in [0.15, 0.2) is 0 Å². The number of hydrogen-bond donors (Lipinski definition) is 2. The second-order valence-corrected chi connectivity index (χ2v) is 4.36. The molecule has 3 heterocycles. The van der Waals surface area contributed by atoms with Gasteiger partial charge in [0.2, 0.25) is 5.91 Å². The third-order valence-corrected chi connectivity index (χ3v) is 3.30. The largest absolute Gasteiger partial charge is 0.468 e. The third kappa shape index (κ3) is 1.72. The summed E-state index contributed by atoms with van der Waals surface area (Å²) >= 11 is 0. The molecular formula is C11H15N3O2. The molecule has 5 heteroatoms. The lowest BCUT2D eigenvalue weighted by molar-refractivity contribution is -0.126. The van der Waals surface area contributed by atoms with E-state index in [4.69, 9.17) is 4.42 Å². The lowest BCUT2D eigenvalue weighted by Gasteiger charge is -2.42. The van der Waals surface area contributed by atoms with Gasteiger partial charge in [-0.3, -0.25) is 9.69 Å². The molecule has 0 spiro atoms. The van der Waals surface area contributed by atoms with Crippen LogP contribution in [0, 0.1) is 0 Å². The van der Waals surface area contributed by atoms with Gasteiger partial charge in [-0.05, 0) is 12.1 Å². The topological polar surface area (TPSA) is 57.5 Å². The average Bonchev–Trinajstić information content (AvgIpc) is 2.81. The van der Waals surface area contributed by atoms with Crippen LogP contribution in [0.4, 0.5) is 0 Å². The predicted octanol–water partition coefficient (Wildman–Crippen LogP) is -0.276. The summed E-state index contributed by atoms with van der Waals surface area (Å²) in [5, 5.41) is 6.34. The maximum atomic E-state index is 11.3. The Labute approximate surface area is 93.8 Å². The van der Waals surface area contributed by atoms with Gasteiger partial charge < -0.3 is 15.1 Å². The number of carbonyl (C=O) groups is 1. The summed E-state index contributed by atoms with van der Waals surface area (Å²) < 4.78 is 5.39. The molecule has 1 amide bonds. The molecule has 2 fully saturated rings. The molecule has 3 rings (SSSR count). The minimum absolute atomic E-state index is 0.122. The first-order valence-corrected chi connectivity index (χ1v) is 5.60. The van der Waals surface area contributed by atoms with Crippen molar-refractivity contribution in [3.8, 4) is 0 Å². The Morgan fingerprint density at radius 1 is 1.44 bits per heavy atom. The highest BCUT2D eigenvalue weighted by atomic mass is 16.3. The van der Waals surface area contributed by atoms with E-state index in [1.165, 1.54) is 0 Å². The standard InChI is InChI=1S/C11H15N3O2/c15-11-7-14-6-9(10-2-1-3-16-10)12-4-8(14)5-13-11/h1-3,8-9,12H,4-7H2,(H,13,15). The molecule has 0 aromatic carbocycles. The molecule has 16 heavy (non-hydrogen) atoms. The smallest absolute Gasteiger partial charge is 0.234 e. The van der Waals surface area contributed by atoms with E-state index in [0.717, 1.165) is 25.4 Å². The summed E-state index contributed by atoms with van der Waals surface area (Å²) in [6.07, 6.45) is 1.69. The number of piperazine rings is 2. The van der Waals surface area contributed by atoms with E-state index in [9.17, 15) is 4.79 Å². The normalized spacial score (nSPS) is 30.9. The molecule has 86 valence electrons. The van der Waals surface area contributed by atoms with Crippen LogP contribution in [0.2, 0.25) is 0 Å². The number of amides is 1. The summed E-state index contributed by atoms with van der Waals surface area (Å²) in [7, 11) is 0. The number of nitrogens with one attached hydrogen (secondary N) is 2. The number of furan rings is 1. The Balaban J connectivity index is 1.71. The second-order valence-electron chi connectivity index (χ2n) is 4.36. The average molecular weight is 221 g/mol. The summed E-state index contributed by atoms with van der Waals surface area (Å²) in [6.45, 7) is 2.98. The Morgan fingerprint density at radius 3 is 3.19 bits per heavy atom. The van der Waals surface area contributed by atoms with Crippen LogP contribution in [0.15, 0.2) is 22.8 Å². The molecular weight excluding hydrogens is 206 g/mol. The summed E-state index contributed by atoms with van der Waals surface area (Å²) in [5.74, 6) is 1.07. The zero-order valence-corrected chi connectivity index (χ0v) is 8.98. The molecule has 2 unspecified atom stereocenters. The molecule has 0 aliphatic carbocycles. The highest BCUT2D eigenvalue weighted by Gasteiger charge is 2.33. The zero-order chi connectivity index (χ0) is 11.0. The van der Waals surface area contributed by atoms with E-state index >= 15 is 0 Å². The predicted molar refractivity (Wildman–Crippen MR) is 57.8 cm³/mol. The Hall–Kier alpha value is -1.33. The van der Waals surface area contributed by atoms with Crippen LogP contribution < -0.4 is 10.6 Å². The van der Waals surface area contributed by atoms with Crippen molar-refractivity contribution < 1.29 is 9.21 Å². The Kier molecular flexibility index (Phi) is 2.41. The third-order valence-electron chi connectivity index (χ3n) is 3.30. The van der Waals surface area contributed by atoms with Gasteiger partial charge in [-0.15, -0.1) is 0 Å². The maximum absolute atomic E-state index is 11.3. The van der Waals surface area contributed by atoms with Gasteiger partial charge in [-0.2, -0.15) is 0 Å². The minimum Gasteiger partial charge on any atom is -0.468 e. The summed E-state index contributed by atoms with van der Waals surface area (Å²) in [4.78, 5) is 13.5. The quantitative estimate of drug-likeness (QED) is 0.685. The van der Waals surface area contributed by atoms with Crippen LogP contribution in [0.5, 0.6) is 0 Å². The summed E-state index contributed by atoms with van der Waals surface area (Å²) in [6, 6.07) is 4.50. The van der Waals surface area contributed by atoms with Gasteiger partial charge in [0, 0.05) is 25.7 Å². The number of fused-ring (bicyclic) bond motifs is 1. The van der Waals surface area contributed by atoms with E-state index in [-0.39, 0.29) is 11.9 Å². The number of hydrogen-bond acceptors (Lipinski definition) is 4. The molecule has 5 nitrogen and oxygen atoms in total. The lowest BCUT2D eigenvalue weighted by atomic mass is 10.1. The van der Waals surface area contributed by atoms with Crippen molar-refractivity contribution in [3.63, 3.8) is 0 Å². The Morgan fingerprint density at radius 2 is 2.38 bits per heavy atom. The lowest BCUT2D eigenvalue weighted by Crippen LogP contribution is -2.62. The van der Waals surface area contributed by atoms with Crippen LogP contribution in [0.3, 0.4) is 0 Å². The number of nitrogens with zero attached hydrogens (tertiary/aromatic N) is 1. The molecule has 0 radical (unpaired) electrons. The molecule has 0 bridgehead atoms. The van der Waals surface area contributed by atoms with Crippen LogP contribution >= 0.6 is 0 Å². The molecule has 0 saturated carbocycles. The van der Waals surface area contributed by atoms with Crippen molar-refractivity contribution in [1.29, 1.82) is 0 Å². The van der Waals surface area contributed by atoms with Crippen molar-refractivity contribution in [1.82, 2.24) is 15.5 Å². The second kappa shape index (κ2) is 3.92. The van der Waals surface area contributed by atoms with Gasteiger partial charge in [0.05, 0.1) is 18.8 Å². The maximum Gasteiger partial charge on any atom is 0.234 e. The van der Waals surface area contributed by atoms with Crippen molar-refractivity contribution in [3.05, 3.63) is 24.2 Å². The first-order valence-electron chi connectivity index (χ1n) is 5.60. The van der Waals surface area contributed by atoms with Crippen LogP contribution in [0.25, 0.3) is 0 Å². The molecule has 1 aromatic heterocycles. The van der Waals surface area contributed by atoms with E-state index < -0.39 is 0 Å². The van der Waals surface area contributed by atoms with E-state index in [1.807, 2.05) is 12.1 Å². The summed E-state index contributed by atoms with van der Waals surface area (Å²) in [5.41, 5.74) is 0. The van der Waals surface area contributed by atoms with Crippen molar-refractivity contribution in [2.24, 2.45) is 0 Å². The first kappa shape index (κ1) is 9.86. The fraction of sp³-hybridized carbons (Fsp3) is 0.545. The molecule has 2 aliphatic rings.